The van der Waals surface area contributed by atoms with Crippen LogP contribution in [0.2, 0.25) is 0 Å². The Morgan fingerprint density at radius 2 is 1.29 bits per heavy atom. The summed E-state index contributed by atoms with van der Waals surface area (Å²) in [7, 11) is 0. The van der Waals surface area contributed by atoms with Gasteiger partial charge in [-0.15, -0.1) is 5.92 Å². The molecule has 10 nitrogen and oxygen atoms in total. The topological polar surface area (TPSA) is 146 Å². The van der Waals surface area contributed by atoms with E-state index in [1.165, 1.54) is 0 Å². The molecule has 0 aliphatic rings. The average molecular weight is 396 g/mol. The van der Waals surface area contributed by atoms with Gasteiger partial charge in [-0.25, -0.2) is 0 Å². The Balaban J connectivity index is 3.84. The largest absolute Gasteiger partial charge is 0.699 e. The first-order valence-electron chi connectivity index (χ1n) is 9.28. The van der Waals surface area contributed by atoms with Crippen LogP contribution in [-0.2, 0) is 4.79 Å². The molecule has 0 heterocycles. The number of unbranched alkanes of at least 4 members (excludes halogenated alkanes) is 8. The van der Waals surface area contributed by atoms with E-state index >= 15 is 0 Å². The molecule has 0 bridgehead atoms. The van der Waals surface area contributed by atoms with Crippen LogP contribution in [0.1, 0.15) is 77.0 Å². The second kappa shape index (κ2) is 15.2. The molecule has 0 atom stereocenters. The molecule has 0 spiro atoms. The number of carbonyl (C=O) groups excluding carboxylic acids is 1. The highest BCUT2D eigenvalue weighted by Gasteiger charge is 2.69. The summed E-state index contributed by atoms with van der Waals surface area (Å²) in [6.45, 7) is 0. The number of allylic oxidation sites excluding steroid dienone is 2. The molecule has 0 saturated heterocycles. The number of hydrogen-bond acceptors (Lipinski definition) is 7. The molecule has 0 fully saturated rings. The van der Waals surface area contributed by atoms with E-state index in [2.05, 4.69) is 11.8 Å². The maximum atomic E-state index is 10.8. The van der Waals surface area contributed by atoms with E-state index in [1.807, 2.05) is 18.4 Å². The Bertz CT molecular complexity index is 572. The van der Waals surface area contributed by atoms with Crippen LogP contribution < -0.4 is 0 Å². The van der Waals surface area contributed by atoms with Gasteiger partial charge in [0.2, 0.25) is 0 Å². The second-order valence-corrected chi connectivity index (χ2v) is 6.23. The van der Waals surface area contributed by atoms with Crippen molar-refractivity contribution in [1.29, 1.82) is 0 Å². The molecule has 0 saturated carbocycles. The number of rotatable bonds is 16. The third kappa shape index (κ3) is 9.75. The van der Waals surface area contributed by atoms with Gasteiger partial charge in [-0.05, 0) is 32.1 Å². The van der Waals surface area contributed by atoms with E-state index < -0.39 is 27.0 Å². The minimum atomic E-state index is -3.34. The molecule has 0 aromatic heterocycles. The maximum absolute atomic E-state index is 10.8. The van der Waals surface area contributed by atoms with Crippen LogP contribution in [0.15, 0.2) is 12.2 Å². The average Bonchev–Trinajstić information content (AvgIpc) is 2.63. The van der Waals surface area contributed by atoms with E-state index in [9.17, 15) is 35.1 Å². The zero-order valence-corrected chi connectivity index (χ0v) is 15.8. The summed E-state index contributed by atoms with van der Waals surface area (Å²) < 4.78 is 0. The van der Waals surface area contributed by atoms with Gasteiger partial charge in [-0.2, -0.15) is 0 Å². The van der Waals surface area contributed by atoms with Gasteiger partial charge in [0.1, 0.15) is 0 Å². The lowest BCUT2D eigenvalue weighted by Crippen LogP contribution is -2.53. The van der Waals surface area contributed by atoms with Crippen LogP contribution >= 0.6 is 0 Å². The normalized spacial score (nSPS) is 11.0. The summed E-state index contributed by atoms with van der Waals surface area (Å²) in [4.78, 5) is 38.1. The van der Waals surface area contributed by atoms with Crippen molar-refractivity contribution < 1.29 is 19.6 Å². The third-order valence-electron chi connectivity index (χ3n) is 4.10. The zero-order chi connectivity index (χ0) is 21.3. The first kappa shape index (κ1) is 25.2. The fourth-order valence-electron chi connectivity index (χ4n) is 2.46. The van der Waals surface area contributed by atoms with Crippen LogP contribution in [0.4, 0.5) is 0 Å². The van der Waals surface area contributed by atoms with Gasteiger partial charge < -0.3 is 0 Å². The lowest BCUT2D eigenvalue weighted by molar-refractivity contribution is -0.970. The maximum Gasteiger partial charge on any atom is 0.699 e. The van der Waals surface area contributed by atoms with Gasteiger partial charge in [-0.1, -0.05) is 37.3 Å². The van der Waals surface area contributed by atoms with Crippen molar-refractivity contribution in [2.75, 3.05) is 0 Å². The highest BCUT2D eigenvalue weighted by atomic mass is 16.7. The summed E-state index contributed by atoms with van der Waals surface area (Å²) >= 11 is 0. The molecule has 0 N–H and O–H groups in total. The van der Waals surface area contributed by atoms with Crippen molar-refractivity contribution in [3.8, 4) is 11.8 Å². The molecular weight excluding hydrogens is 370 g/mol. The number of hydrogen-bond donors (Lipinski definition) is 0. The summed E-state index contributed by atoms with van der Waals surface area (Å²) in [5.41, 5.74) is 0. The highest BCUT2D eigenvalue weighted by Crippen LogP contribution is 2.21. The van der Waals surface area contributed by atoms with Gasteiger partial charge >= 0.3 is 5.79 Å². The number of nitrogens with zero attached hydrogens (tertiary/aromatic N) is 3. The van der Waals surface area contributed by atoms with Crippen LogP contribution in [0.3, 0.4) is 0 Å². The first-order chi connectivity index (χ1) is 13.4. The van der Waals surface area contributed by atoms with Crippen molar-refractivity contribution in [2.24, 2.45) is 0 Å². The molecular formula is C18H26N3O7. The predicted octanol–water partition coefficient (Wildman–Crippen LogP) is 3.82. The van der Waals surface area contributed by atoms with E-state index in [1.54, 1.807) is 0 Å². The Labute approximate surface area is 163 Å². The molecule has 0 aliphatic heterocycles. The molecule has 0 unspecified atom stereocenters. The van der Waals surface area contributed by atoms with Crippen LogP contribution in [0, 0.1) is 42.2 Å². The molecule has 0 aromatic carbocycles. The molecule has 1 radical (unpaired) electrons. The fourth-order valence-corrected chi connectivity index (χ4v) is 2.46. The molecule has 155 valence electrons. The first-order valence-corrected chi connectivity index (χ1v) is 9.28. The Morgan fingerprint density at radius 1 is 0.714 bits per heavy atom. The number of nitro groups is 3. The molecule has 28 heavy (non-hydrogen) atoms. The van der Waals surface area contributed by atoms with E-state index in [4.69, 9.17) is 0 Å². The smallest absolute Gasteiger partial charge is 0.291 e. The second-order valence-electron chi connectivity index (χ2n) is 6.23. The predicted molar refractivity (Wildman–Crippen MR) is 102 cm³/mol. The Hall–Kier alpha value is -2.83. The molecule has 0 aliphatic carbocycles. The van der Waals surface area contributed by atoms with Gasteiger partial charge in [-0.3, -0.25) is 35.1 Å². The molecule has 0 aromatic rings. The Morgan fingerprint density at radius 3 is 1.89 bits per heavy atom. The molecule has 0 amide bonds. The van der Waals surface area contributed by atoms with Crippen molar-refractivity contribution in [3.63, 3.8) is 0 Å². The van der Waals surface area contributed by atoms with Crippen molar-refractivity contribution >= 4 is 6.29 Å². The summed E-state index contributed by atoms with van der Waals surface area (Å²) in [6.07, 6.45) is 12.6. The lowest BCUT2D eigenvalue weighted by atomic mass is 10.1. The van der Waals surface area contributed by atoms with Crippen molar-refractivity contribution in [2.45, 2.75) is 82.8 Å². The van der Waals surface area contributed by atoms with Crippen LogP contribution in [0.25, 0.3) is 0 Å². The van der Waals surface area contributed by atoms with E-state index in [0.29, 0.717) is 32.1 Å². The zero-order valence-electron chi connectivity index (χ0n) is 15.8. The SMILES string of the molecule is O=[C]CCCCC=CCC#CCCCCCCCC([N+](=O)[O-])([N+](=O)[O-])[N+](=O)[O-]. The van der Waals surface area contributed by atoms with E-state index in [0.717, 1.165) is 32.1 Å². The van der Waals surface area contributed by atoms with Crippen molar-refractivity contribution in [3.05, 3.63) is 42.5 Å². The Kier molecular flexibility index (Phi) is 13.7. The van der Waals surface area contributed by atoms with E-state index in [-0.39, 0.29) is 6.42 Å². The van der Waals surface area contributed by atoms with Crippen LogP contribution in [-0.4, -0.2) is 26.8 Å². The summed E-state index contributed by atoms with van der Waals surface area (Å²) in [5.74, 6) is 2.72. The standard InChI is InChI=1S/C18H26N3O7/c22-17-15-13-11-9-7-5-3-1-2-4-6-8-10-12-14-16-18(19(23)24,20(25)26)21(27)28/h5,7H,3-4,6,8-16H2. The molecule has 10 heteroatoms. The fraction of sp³-hybridized carbons (Fsp3) is 0.722. The highest BCUT2D eigenvalue weighted by molar-refractivity contribution is 5.50. The van der Waals surface area contributed by atoms with Crippen LogP contribution in [0.5, 0.6) is 0 Å². The van der Waals surface area contributed by atoms with Gasteiger partial charge in [0, 0.05) is 19.3 Å². The minimum absolute atomic E-state index is 0.0459. The van der Waals surface area contributed by atoms with Gasteiger partial charge in [0.15, 0.2) is 27.5 Å². The molecule has 0 rings (SSSR count). The summed E-state index contributed by atoms with van der Waals surface area (Å²) in [5, 5.41) is 32.4. The lowest BCUT2D eigenvalue weighted by Gasteiger charge is -2.08. The van der Waals surface area contributed by atoms with Gasteiger partial charge in [0.05, 0.1) is 0 Å². The summed E-state index contributed by atoms with van der Waals surface area (Å²) in [6, 6.07) is 0. The third-order valence-corrected chi connectivity index (χ3v) is 4.10. The quantitative estimate of drug-likeness (QED) is 0.0961. The van der Waals surface area contributed by atoms with Gasteiger partial charge in [0.25, 0.3) is 0 Å². The minimum Gasteiger partial charge on any atom is -0.291 e. The monoisotopic (exact) mass is 396 g/mol. The van der Waals surface area contributed by atoms with Crippen molar-refractivity contribution in [1.82, 2.24) is 0 Å².